The van der Waals surface area contributed by atoms with Crippen LogP contribution in [-0.4, -0.2) is 22.3 Å². The Morgan fingerprint density at radius 3 is 2.63 bits per heavy atom. The number of benzene rings is 1. The summed E-state index contributed by atoms with van der Waals surface area (Å²) in [7, 11) is 0. The molecule has 19 heavy (non-hydrogen) atoms. The Balaban J connectivity index is 2.02. The Morgan fingerprint density at radius 2 is 1.95 bits per heavy atom. The van der Waals surface area contributed by atoms with Gasteiger partial charge in [-0.3, -0.25) is 0 Å². The molecule has 0 saturated heterocycles. The van der Waals surface area contributed by atoms with Crippen molar-refractivity contribution >= 4 is 11.6 Å². The molecule has 0 atom stereocenters. The molecule has 0 aliphatic heterocycles. The van der Waals surface area contributed by atoms with Crippen LogP contribution in [0.2, 0.25) is 5.02 Å². The largest absolute Gasteiger partial charge is 0.421 e. The Morgan fingerprint density at radius 1 is 1.21 bits per heavy atom. The van der Waals surface area contributed by atoms with Gasteiger partial charge in [0.2, 0.25) is 11.8 Å². The molecule has 2 aromatic rings. The first kappa shape index (κ1) is 14.0. The lowest BCUT2D eigenvalue weighted by Crippen LogP contribution is -2.37. The average molecular weight is 280 g/mol. The highest BCUT2D eigenvalue weighted by Crippen LogP contribution is 2.26. The van der Waals surface area contributed by atoms with Crippen LogP contribution in [0, 0.1) is 0 Å². The molecule has 1 heterocycles. The van der Waals surface area contributed by atoms with Crippen molar-refractivity contribution in [2.75, 3.05) is 6.54 Å². The van der Waals surface area contributed by atoms with Gasteiger partial charge < -0.3 is 9.73 Å². The van der Waals surface area contributed by atoms with Gasteiger partial charge in [0.15, 0.2) is 0 Å². The smallest absolute Gasteiger partial charge is 0.249 e. The van der Waals surface area contributed by atoms with E-state index in [2.05, 4.69) is 36.3 Å². The van der Waals surface area contributed by atoms with Crippen LogP contribution >= 0.6 is 11.6 Å². The molecule has 0 bridgehead atoms. The molecule has 102 valence electrons. The molecule has 0 spiro atoms. The van der Waals surface area contributed by atoms with E-state index in [1.54, 1.807) is 0 Å². The average Bonchev–Trinajstić information content (AvgIpc) is 2.76. The van der Waals surface area contributed by atoms with Crippen LogP contribution in [0.15, 0.2) is 28.7 Å². The second kappa shape index (κ2) is 5.72. The molecular weight excluding hydrogens is 262 g/mol. The number of hydrogen-bond donors (Lipinski definition) is 1. The standard InChI is InChI=1S/C14H18ClN3O/c1-14(2,3)16-9-8-12-17-18-13(19-12)10-6-4-5-7-11(10)15/h4-7,16H,8-9H2,1-3H3. The molecule has 0 radical (unpaired) electrons. The van der Waals surface area contributed by atoms with Crippen molar-refractivity contribution in [2.24, 2.45) is 0 Å². The van der Waals surface area contributed by atoms with E-state index in [1.165, 1.54) is 0 Å². The summed E-state index contributed by atoms with van der Waals surface area (Å²) in [4.78, 5) is 0. The van der Waals surface area contributed by atoms with Crippen LogP contribution in [0.4, 0.5) is 0 Å². The van der Waals surface area contributed by atoms with E-state index in [-0.39, 0.29) is 5.54 Å². The normalized spacial score (nSPS) is 11.8. The maximum atomic E-state index is 6.09. The molecule has 2 rings (SSSR count). The molecule has 0 fully saturated rings. The fourth-order valence-electron chi connectivity index (χ4n) is 1.64. The van der Waals surface area contributed by atoms with Crippen molar-refractivity contribution in [1.29, 1.82) is 0 Å². The summed E-state index contributed by atoms with van der Waals surface area (Å²) < 4.78 is 5.62. The molecule has 0 amide bonds. The zero-order valence-corrected chi connectivity index (χ0v) is 12.2. The zero-order chi connectivity index (χ0) is 13.9. The molecular formula is C14H18ClN3O. The predicted octanol–water partition coefficient (Wildman–Crippen LogP) is 3.32. The maximum Gasteiger partial charge on any atom is 0.249 e. The van der Waals surface area contributed by atoms with Gasteiger partial charge in [-0.25, -0.2) is 0 Å². The summed E-state index contributed by atoms with van der Waals surface area (Å²) in [6.07, 6.45) is 0.703. The second-order valence-electron chi connectivity index (χ2n) is 5.41. The minimum absolute atomic E-state index is 0.0889. The molecule has 1 N–H and O–H groups in total. The highest BCUT2D eigenvalue weighted by Gasteiger charge is 2.12. The maximum absolute atomic E-state index is 6.09. The molecule has 1 aromatic carbocycles. The van der Waals surface area contributed by atoms with Crippen molar-refractivity contribution in [3.63, 3.8) is 0 Å². The van der Waals surface area contributed by atoms with Crippen LogP contribution in [-0.2, 0) is 6.42 Å². The topological polar surface area (TPSA) is 51.0 Å². The third-order valence-corrected chi connectivity index (χ3v) is 2.89. The highest BCUT2D eigenvalue weighted by molar-refractivity contribution is 6.33. The molecule has 5 heteroatoms. The first-order chi connectivity index (χ1) is 8.96. The monoisotopic (exact) mass is 279 g/mol. The molecule has 0 aliphatic rings. The fraction of sp³-hybridized carbons (Fsp3) is 0.429. The van der Waals surface area contributed by atoms with Crippen molar-refractivity contribution in [1.82, 2.24) is 15.5 Å². The van der Waals surface area contributed by atoms with Crippen molar-refractivity contribution in [3.8, 4) is 11.5 Å². The van der Waals surface area contributed by atoms with Gasteiger partial charge in [-0.15, -0.1) is 10.2 Å². The number of halogens is 1. The lowest BCUT2D eigenvalue weighted by Gasteiger charge is -2.19. The van der Waals surface area contributed by atoms with E-state index >= 15 is 0 Å². The summed E-state index contributed by atoms with van der Waals surface area (Å²) in [5, 5.41) is 12.1. The number of nitrogens with one attached hydrogen (secondary N) is 1. The highest BCUT2D eigenvalue weighted by atomic mass is 35.5. The van der Waals surface area contributed by atoms with Crippen LogP contribution in [0.3, 0.4) is 0 Å². The van der Waals surface area contributed by atoms with E-state index in [9.17, 15) is 0 Å². The fourth-order valence-corrected chi connectivity index (χ4v) is 1.86. The summed E-state index contributed by atoms with van der Waals surface area (Å²) in [5.74, 6) is 1.09. The van der Waals surface area contributed by atoms with Crippen LogP contribution in [0.25, 0.3) is 11.5 Å². The van der Waals surface area contributed by atoms with Gasteiger partial charge in [0.1, 0.15) is 0 Å². The number of aromatic nitrogens is 2. The molecule has 0 unspecified atom stereocenters. The van der Waals surface area contributed by atoms with E-state index in [0.717, 1.165) is 12.1 Å². The Bertz CT molecular complexity index is 546. The van der Waals surface area contributed by atoms with Gasteiger partial charge in [0.25, 0.3) is 0 Å². The third-order valence-electron chi connectivity index (χ3n) is 2.57. The van der Waals surface area contributed by atoms with Crippen LogP contribution in [0.5, 0.6) is 0 Å². The van der Waals surface area contributed by atoms with Gasteiger partial charge in [0, 0.05) is 18.5 Å². The van der Waals surface area contributed by atoms with Gasteiger partial charge in [-0.05, 0) is 32.9 Å². The summed E-state index contributed by atoms with van der Waals surface area (Å²) in [6.45, 7) is 7.16. The first-order valence-corrected chi connectivity index (χ1v) is 6.66. The molecule has 0 aliphatic carbocycles. The second-order valence-corrected chi connectivity index (χ2v) is 5.81. The minimum atomic E-state index is 0.0889. The first-order valence-electron chi connectivity index (χ1n) is 6.28. The molecule has 1 aromatic heterocycles. The van der Waals surface area contributed by atoms with Crippen LogP contribution in [0.1, 0.15) is 26.7 Å². The van der Waals surface area contributed by atoms with Crippen molar-refractivity contribution < 1.29 is 4.42 Å². The Hall–Kier alpha value is -1.39. The Labute approximate surface area is 118 Å². The van der Waals surface area contributed by atoms with Gasteiger partial charge in [-0.1, -0.05) is 23.7 Å². The molecule has 4 nitrogen and oxygen atoms in total. The zero-order valence-electron chi connectivity index (χ0n) is 11.4. The lowest BCUT2D eigenvalue weighted by molar-refractivity contribution is 0.412. The van der Waals surface area contributed by atoms with E-state index in [4.69, 9.17) is 16.0 Å². The number of rotatable bonds is 4. The minimum Gasteiger partial charge on any atom is -0.421 e. The van der Waals surface area contributed by atoms with Gasteiger partial charge >= 0.3 is 0 Å². The SMILES string of the molecule is CC(C)(C)NCCc1nnc(-c2ccccc2Cl)o1. The number of hydrogen-bond acceptors (Lipinski definition) is 4. The van der Waals surface area contributed by atoms with Gasteiger partial charge in [-0.2, -0.15) is 0 Å². The lowest BCUT2D eigenvalue weighted by atomic mass is 10.1. The van der Waals surface area contributed by atoms with E-state index in [0.29, 0.717) is 23.2 Å². The number of nitrogens with zero attached hydrogens (tertiary/aromatic N) is 2. The van der Waals surface area contributed by atoms with E-state index < -0.39 is 0 Å². The van der Waals surface area contributed by atoms with Crippen molar-refractivity contribution in [3.05, 3.63) is 35.2 Å². The summed E-state index contributed by atoms with van der Waals surface area (Å²) in [6, 6.07) is 7.44. The Kier molecular flexibility index (Phi) is 4.22. The van der Waals surface area contributed by atoms with E-state index in [1.807, 2.05) is 24.3 Å². The van der Waals surface area contributed by atoms with Crippen molar-refractivity contribution in [2.45, 2.75) is 32.7 Å². The summed E-state index contributed by atoms with van der Waals surface area (Å²) in [5.41, 5.74) is 0.859. The van der Waals surface area contributed by atoms with Gasteiger partial charge in [0.05, 0.1) is 10.6 Å². The third kappa shape index (κ3) is 4.04. The predicted molar refractivity (Wildman–Crippen MR) is 76.2 cm³/mol. The molecule has 0 saturated carbocycles. The quantitative estimate of drug-likeness (QED) is 0.933. The van der Waals surface area contributed by atoms with Crippen LogP contribution < -0.4 is 5.32 Å². The summed E-state index contributed by atoms with van der Waals surface area (Å²) >= 11 is 6.09.